The van der Waals surface area contributed by atoms with E-state index in [-0.39, 0.29) is 22.8 Å². The number of thiocarbonyl (C=S) groups is 1. The molecule has 0 spiro atoms. The summed E-state index contributed by atoms with van der Waals surface area (Å²) in [7, 11) is 0. The standard InChI is InChI=1S/C30H30F2N4O4S/c1-2-3-4-5-17-40-25-15-11-23(12-16-25)33-27(37)19-26-29(39)35(24-13-9-21(31)10-14-24)30(41)36(26)34-28(38)20-7-6-8-22(32)18-20/h6-16,18,26H,2-5,17,19H2,1H3,(H,33,37)(H,34,38). The van der Waals surface area contributed by atoms with Crippen molar-refractivity contribution in [2.45, 2.75) is 45.1 Å². The van der Waals surface area contributed by atoms with E-state index in [2.05, 4.69) is 17.7 Å². The van der Waals surface area contributed by atoms with Crippen LogP contribution in [0.1, 0.15) is 49.4 Å². The van der Waals surface area contributed by atoms with Gasteiger partial charge in [0.05, 0.1) is 18.7 Å². The van der Waals surface area contributed by atoms with Gasteiger partial charge < -0.3 is 10.1 Å². The molecule has 1 saturated heterocycles. The van der Waals surface area contributed by atoms with Crippen LogP contribution in [0.2, 0.25) is 0 Å². The summed E-state index contributed by atoms with van der Waals surface area (Å²) in [5.41, 5.74) is 3.28. The molecule has 4 rings (SSSR count). The molecule has 1 aliphatic rings. The smallest absolute Gasteiger partial charge is 0.269 e. The van der Waals surface area contributed by atoms with Gasteiger partial charge in [0.1, 0.15) is 23.4 Å². The number of halogens is 2. The lowest BCUT2D eigenvalue weighted by Crippen LogP contribution is -2.49. The minimum atomic E-state index is -1.21. The number of hydrogen-bond donors (Lipinski definition) is 2. The zero-order chi connectivity index (χ0) is 29.4. The molecule has 1 unspecified atom stereocenters. The number of amides is 3. The maximum absolute atomic E-state index is 13.7. The topological polar surface area (TPSA) is 91.0 Å². The molecule has 1 fully saturated rings. The highest BCUT2D eigenvalue weighted by molar-refractivity contribution is 7.80. The summed E-state index contributed by atoms with van der Waals surface area (Å²) >= 11 is 5.48. The van der Waals surface area contributed by atoms with Gasteiger partial charge in [-0.2, -0.15) is 0 Å². The molecule has 0 radical (unpaired) electrons. The van der Waals surface area contributed by atoms with E-state index in [0.29, 0.717) is 18.0 Å². The number of carbonyl (C=O) groups is 3. The zero-order valence-electron chi connectivity index (χ0n) is 22.4. The van der Waals surface area contributed by atoms with Gasteiger partial charge in [0.15, 0.2) is 0 Å². The van der Waals surface area contributed by atoms with Crippen molar-refractivity contribution in [1.82, 2.24) is 10.4 Å². The summed E-state index contributed by atoms with van der Waals surface area (Å²) < 4.78 is 33.0. The molecule has 1 aliphatic heterocycles. The Hall–Kier alpha value is -4.38. The van der Waals surface area contributed by atoms with Crippen molar-refractivity contribution in [1.29, 1.82) is 0 Å². The fraction of sp³-hybridized carbons (Fsp3) is 0.267. The Labute approximate surface area is 242 Å². The van der Waals surface area contributed by atoms with Crippen molar-refractivity contribution >= 4 is 46.4 Å². The lowest BCUT2D eigenvalue weighted by atomic mass is 10.1. The molecule has 11 heteroatoms. The lowest BCUT2D eigenvalue weighted by molar-refractivity contribution is -0.124. The molecule has 41 heavy (non-hydrogen) atoms. The molecule has 3 amide bonds. The third-order valence-corrected chi connectivity index (χ3v) is 6.77. The van der Waals surface area contributed by atoms with Crippen molar-refractivity contribution in [3.63, 3.8) is 0 Å². The van der Waals surface area contributed by atoms with Crippen LogP contribution in [-0.4, -0.2) is 40.5 Å². The zero-order valence-corrected chi connectivity index (χ0v) is 23.3. The van der Waals surface area contributed by atoms with E-state index in [9.17, 15) is 23.2 Å². The minimum absolute atomic E-state index is 0.00338. The number of anilines is 2. The minimum Gasteiger partial charge on any atom is -0.494 e. The van der Waals surface area contributed by atoms with Crippen LogP contribution in [0.5, 0.6) is 5.75 Å². The predicted octanol–water partition coefficient (Wildman–Crippen LogP) is 5.60. The highest BCUT2D eigenvalue weighted by Gasteiger charge is 2.45. The monoisotopic (exact) mass is 580 g/mol. The number of rotatable bonds is 12. The van der Waals surface area contributed by atoms with Crippen molar-refractivity contribution in [2.24, 2.45) is 0 Å². The number of nitrogens with zero attached hydrogens (tertiary/aromatic N) is 2. The van der Waals surface area contributed by atoms with E-state index in [1.54, 1.807) is 24.3 Å². The molecular formula is C30H30F2N4O4S. The number of hydrogen-bond acceptors (Lipinski definition) is 5. The summed E-state index contributed by atoms with van der Waals surface area (Å²) in [6, 6.07) is 15.7. The average Bonchev–Trinajstić information content (AvgIpc) is 3.18. The van der Waals surface area contributed by atoms with E-state index in [4.69, 9.17) is 17.0 Å². The highest BCUT2D eigenvalue weighted by atomic mass is 32.1. The Balaban J connectivity index is 1.46. The summed E-state index contributed by atoms with van der Waals surface area (Å²) in [5.74, 6) is -2.28. The van der Waals surface area contributed by atoms with E-state index >= 15 is 0 Å². The van der Waals surface area contributed by atoms with Crippen LogP contribution >= 0.6 is 12.2 Å². The molecule has 0 aliphatic carbocycles. The third-order valence-electron chi connectivity index (χ3n) is 6.39. The molecule has 3 aromatic rings. The quantitative estimate of drug-likeness (QED) is 0.214. The molecule has 2 N–H and O–H groups in total. The number of nitrogens with one attached hydrogen (secondary N) is 2. The van der Waals surface area contributed by atoms with Crippen LogP contribution in [0.3, 0.4) is 0 Å². The maximum atomic E-state index is 13.7. The molecule has 214 valence electrons. The van der Waals surface area contributed by atoms with Gasteiger partial charge in [0.25, 0.3) is 11.8 Å². The predicted molar refractivity (Wildman–Crippen MR) is 155 cm³/mol. The Kier molecular flexibility index (Phi) is 9.96. The number of unbranched alkanes of at least 4 members (excludes halogenated alkanes) is 3. The lowest BCUT2D eigenvalue weighted by Gasteiger charge is -2.24. The van der Waals surface area contributed by atoms with E-state index < -0.39 is 35.4 Å². The van der Waals surface area contributed by atoms with E-state index in [0.717, 1.165) is 41.7 Å². The second-order valence-corrected chi connectivity index (χ2v) is 9.82. The van der Waals surface area contributed by atoms with Gasteiger partial charge in [-0.05, 0) is 85.4 Å². The van der Waals surface area contributed by atoms with Gasteiger partial charge in [0.2, 0.25) is 11.0 Å². The SMILES string of the molecule is CCCCCCOc1ccc(NC(=O)CC2C(=O)N(c3ccc(F)cc3)C(=S)N2NC(=O)c2cccc(F)c2)cc1. The van der Waals surface area contributed by atoms with Gasteiger partial charge in [-0.15, -0.1) is 0 Å². The summed E-state index contributed by atoms with van der Waals surface area (Å²) in [6.07, 6.45) is 4.01. The highest BCUT2D eigenvalue weighted by Crippen LogP contribution is 2.27. The third kappa shape index (κ3) is 7.63. The van der Waals surface area contributed by atoms with Crippen LogP contribution in [0.15, 0.2) is 72.8 Å². The second kappa shape index (κ2) is 13.8. The van der Waals surface area contributed by atoms with Crippen LogP contribution in [-0.2, 0) is 9.59 Å². The fourth-order valence-electron chi connectivity index (χ4n) is 4.27. The first-order valence-electron chi connectivity index (χ1n) is 13.3. The first kappa shape index (κ1) is 29.6. The summed E-state index contributed by atoms with van der Waals surface area (Å²) in [4.78, 5) is 40.5. The molecule has 8 nitrogen and oxygen atoms in total. The molecule has 0 aromatic heterocycles. The van der Waals surface area contributed by atoms with Crippen molar-refractivity contribution in [2.75, 3.05) is 16.8 Å². The molecule has 0 saturated carbocycles. The Bertz CT molecular complexity index is 1400. The average molecular weight is 581 g/mol. The van der Waals surface area contributed by atoms with Gasteiger partial charge in [-0.25, -0.2) is 13.8 Å². The van der Waals surface area contributed by atoms with Crippen molar-refractivity contribution in [3.8, 4) is 5.75 Å². The van der Waals surface area contributed by atoms with Crippen LogP contribution in [0, 0.1) is 11.6 Å². The Morgan fingerprint density at radius 3 is 2.37 bits per heavy atom. The first-order valence-corrected chi connectivity index (χ1v) is 13.7. The first-order chi connectivity index (χ1) is 19.8. The van der Waals surface area contributed by atoms with Gasteiger partial charge in [-0.1, -0.05) is 32.3 Å². The van der Waals surface area contributed by atoms with Crippen molar-refractivity contribution in [3.05, 3.63) is 90.0 Å². The second-order valence-electron chi connectivity index (χ2n) is 9.46. The van der Waals surface area contributed by atoms with Crippen LogP contribution < -0.4 is 20.4 Å². The summed E-state index contributed by atoms with van der Waals surface area (Å²) in [6.45, 7) is 2.75. The number of hydrazine groups is 1. The fourth-order valence-corrected chi connectivity index (χ4v) is 4.64. The molecule has 1 atom stereocenters. The van der Waals surface area contributed by atoms with E-state index in [1.165, 1.54) is 42.5 Å². The maximum Gasteiger partial charge on any atom is 0.269 e. The molecular weight excluding hydrogens is 550 g/mol. The molecule has 0 bridgehead atoms. The normalized spacial score (nSPS) is 14.8. The van der Waals surface area contributed by atoms with Crippen molar-refractivity contribution < 1.29 is 27.9 Å². The van der Waals surface area contributed by atoms with Gasteiger partial charge in [0, 0.05) is 11.3 Å². The largest absolute Gasteiger partial charge is 0.494 e. The van der Waals surface area contributed by atoms with Gasteiger partial charge >= 0.3 is 0 Å². The molecule has 3 aromatic carbocycles. The van der Waals surface area contributed by atoms with Crippen LogP contribution in [0.25, 0.3) is 0 Å². The number of carbonyl (C=O) groups excluding carboxylic acids is 3. The van der Waals surface area contributed by atoms with E-state index in [1.807, 2.05) is 0 Å². The number of ether oxygens (including phenoxy) is 1. The Morgan fingerprint density at radius 2 is 1.68 bits per heavy atom. The van der Waals surface area contributed by atoms with Crippen LogP contribution in [0.4, 0.5) is 20.2 Å². The van der Waals surface area contributed by atoms with Gasteiger partial charge in [-0.3, -0.25) is 24.7 Å². The Morgan fingerprint density at radius 1 is 0.951 bits per heavy atom. The molecule has 1 heterocycles. The number of benzene rings is 3. The summed E-state index contributed by atoms with van der Waals surface area (Å²) in [5, 5.41) is 3.72.